The van der Waals surface area contributed by atoms with Crippen LogP contribution in [0.2, 0.25) is 0 Å². The van der Waals surface area contributed by atoms with Crippen molar-refractivity contribution in [2.24, 2.45) is 0 Å². The number of fused-ring (bicyclic) bond motifs is 1. The molecule has 20 heavy (non-hydrogen) atoms. The van der Waals surface area contributed by atoms with Crippen molar-refractivity contribution >= 4 is 11.6 Å². The lowest BCUT2D eigenvalue weighted by Crippen LogP contribution is -2.32. The summed E-state index contributed by atoms with van der Waals surface area (Å²) in [4.78, 5) is 16.0. The van der Waals surface area contributed by atoms with E-state index in [4.69, 9.17) is 0 Å². The minimum atomic E-state index is 0.0855. The van der Waals surface area contributed by atoms with Crippen molar-refractivity contribution in [2.75, 3.05) is 6.54 Å². The Bertz CT molecular complexity index is 589. The molecule has 0 unspecified atom stereocenters. The lowest BCUT2D eigenvalue weighted by Gasteiger charge is -2.09. The van der Waals surface area contributed by atoms with E-state index in [9.17, 15) is 4.79 Å². The normalized spacial score (nSPS) is 11.2. The van der Waals surface area contributed by atoms with Crippen LogP contribution in [0, 0.1) is 6.92 Å². The van der Waals surface area contributed by atoms with Gasteiger partial charge in [0, 0.05) is 31.7 Å². The number of hydrogen-bond acceptors (Lipinski definition) is 3. The summed E-state index contributed by atoms with van der Waals surface area (Å²) in [5.41, 5.74) is 3.12. The van der Waals surface area contributed by atoms with Crippen LogP contribution >= 0.6 is 0 Å². The Morgan fingerprint density at radius 3 is 2.95 bits per heavy atom. The maximum Gasteiger partial charge on any atom is 0.221 e. The molecule has 5 nitrogen and oxygen atoms in total. The van der Waals surface area contributed by atoms with Gasteiger partial charge in [0.2, 0.25) is 5.91 Å². The Balaban J connectivity index is 1.87. The molecule has 0 bridgehead atoms. The number of nitrogens with zero attached hydrogens (tertiary/aromatic N) is 2. The second-order valence-corrected chi connectivity index (χ2v) is 5.22. The Hall–Kier alpha value is -1.88. The van der Waals surface area contributed by atoms with E-state index in [1.165, 1.54) is 0 Å². The minimum absolute atomic E-state index is 0.0855. The second-order valence-electron chi connectivity index (χ2n) is 5.22. The van der Waals surface area contributed by atoms with Crippen molar-refractivity contribution in [1.29, 1.82) is 0 Å². The summed E-state index contributed by atoms with van der Waals surface area (Å²) in [5, 5.41) is 6.18. The van der Waals surface area contributed by atoms with Gasteiger partial charge < -0.3 is 15.0 Å². The number of carbonyl (C=O) groups is 1. The quantitative estimate of drug-likeness (QED) is 0.787. The molecule has 0 radical (unpaired) electrons. The predicted octanol–water partition coefficient (Wildman–Crippen LogP) is 1.65. The molecule has 0 spiro atoms. The summed E-state index contributed by atoms with van der Waals surface area (Å²) in [5.74, 6) is 0.0855. The van der Waals surface area contributed by atoms with Crippen LogP contribution in [0.3, 0.4) is 0 Å². The number of aryl methyl sites for hydroxylation is 1. The highest BCUT2D eigenvalue weighted by atomic mass is 16.1. The van der Waals surface area contributed by atoms with Gasteiger partial charge in [0.1, 0.15) is 5.65 Å². The number of rotatable bonds is 6. The largest absolute Gasteiger partial charge is 0.354 e. The smallest absolute Gasteiger partial charge is 0.221 e. The summed E-state index contributed by atoms with van der Waals surface area (Å²) in [6.07, 6.45) is 2.51. The number of amides is 1. The fraction of sp³-hybridized carbons (Fsp3) is 0.467. The van der Waals surface area contributed by atoms with Gasteiger partial charge in [-0.15, -0.1) is 0 Å². The number of hydrogen-bond donors (Lipinski definition) is 2. The number of nitrogens with one attached hydrogen (secondary N) is 2. The first-order chi connectivity index (χ1) is 9.58. The molecule has 2 N–H and O–H groups in total. The lowest BCUT2D eigenvalue weighted by atomic mass is 10.3. The zero-order chi connectivity index (χ0) is 14.5. The number of imidazole rings is 1. The number of pyridine rings is 1. The third-order valence-electron chi connectivity index (χ3n) is 3.10. The van der Waals surface area contributed by atoms with E-state index in [1.54, 1.807) is 0 Å². The Morgan fingerprint density at radius 2 is 2.20 bits per heavy atom. The van der Waals surface area contributed by atoms with Gasteiger partial charge >= 0.3 is 0 Å². The zero-order valence-corrected chi connectivity index (χ0v) is 12.3. The Morgan fingerprint density at radius 1 is 1.40 bits per heavy atom. The molecule has 0 aromatic carbocycles. The molecule has 5 heteroatoms. The fourth-order valence-electron chi connectivity index (χ4n) is 2.18. The van der Waals surface area contributed by atoms with Gasteiger partial charge in [-0.05, 0) is 32.9 Å². The van der Waals surface area contributed by atoms with Gasteiger partial charge in [-0.3, -0.25) is 4.79 Å². The van der Waals surface area contributed by atoms with E-state index >= 15 is 0 Å². The highest BCUT2D eigenvalue weighted by Crippen LogP contribution is 2.11. The highest BCUT2D eigenvalue weighted by molar-refractivity contribution is 5.76. The van der Waals surface area contributed by atoms with Crippen LogP contribution in [0.4, 0.5) is 0 Å². The molecule has 108 valence electrons. The maximum absolute atomic E-state index is 11.5. The number of aromatic nitrogens is 2. The number of carbonyl (C=O) groups excluding carboxylic acids is 1. The SMILES string of the molecule is Cc1nc2ccccn2c1CNCCC(=O)NC(C)C. The molecule has 0 fully saturated rings. The first-order valence-electron chi connectivity index (χ1n) is 7.00. The van der Waals surface area contributed by atoms with E-state index in [2.05, 4.69) is 20.0 Å². The summed E-state index contributed by atoms with van der Waals surface area (Å²) in [7, 11) is 0. The molecule has 0 aliphatic heterocycles. The highest BCUT2D eigenvalue weighted by Gasteiger charge is 2.08. The van der Waals surface area contributed by atoms with E-state index < -0.39 is 0 Å². The van der Waals surface area contributed by atoms with Crippen molar-refractivity contribution in [1.82, 2.24) is 20.0 Å². The van der Waals surface area contributed by atoms with E-state index in [-0.39, 0.29) is 11.9 Å². The topological polar surface area (TPSA) is 58.4 Å². The van der Waals surface area contributed by atoms with E-state index in [0.29, 0.717) is 19.5 Å². The van der Waals surface area contributed by atoms with Gasteiger partial charge in [-0.1, -0.05) is 6.07 Å². The fourth-order valence-corrected chi connectivity index (χ4v) is 2.18. The van der Waals surface area contributed by atoms with Crippen molar-refractivity contribution in [2.45, 2.75) is 39.8 Å². The molecule has 0 aliphatic rings. The molecule has 0 atom stereocenters. The van der Waals surface area contributed by atoms with Crippen molar-refractivity contribution < 1.29 is 4.79 Å². The van der Waals surface area contributed by atoms with Crippen molar-refractivity contribution in [3.63, 3.8) is 0 Å². The zero-order valence-electron chi connectivity index (χ0n) is 12.3. The summed E-state index contributed by atoms with van der Waals surface area (Å²) in [6, 6.07) is 6.17. The summed E-state index contributed by atoms with van der Waals surface area (Å²) >= 11 is 0. The average Bonchev–Trinajstić information content (AvgIpc) is 2.70. The van der Waals surface area contributed by atoms with Crippen LogP contribution < -0.4 is 10.6 Å². The van der Waals surface area contributed by atoms with Gasteiger partial charge in [0.05, 0.1) is 11.4 Å². The predicted molar refractivity (Wildman–Crippen MR) is 79.5 cm³/mol. The maximum atomic E-state index is 11.5. The Kier molecular flexibility index (Phi) is 4.74. The molecule has 2 rings (SSSR count). The molecule has 0 saturated heterocycles. The molecular weight excluding hydrogens is 252 g/mol. The van der Waals surface area contributed by atoms with E-state index in [1.807, 2.05) is 45.2 Å². The van der Waals surface area contributed by atoms with Gasteiger partial charge in [0.25, 0.3) is 0 Å². The Labute approximate surface area is 119 Å². The molecule has 2 aromatic heterocycles. The molecule has 0 aliphatic carbocycles. The van der Waals surface area contributed by atoms with Crippen LogP contribution in [-0.2, 0) is 11.3 Å². The lowest BCUT2D eigenvalue weighted by molar-refractivity contribution is -0.121. The standard InChI is InChI=1S/C15H22N4O/c1-11(2)17-15(20)7-8-16-10-13-12(3)18-14-6-4-5-9-19(13)14/h4-6,9,11,16H,7-8,10H2,1-3H3,(H,17,20). The first kappa shape index (κ1) is 14.5. The molecule has 2 aromatic rings. The van der Waals surface area contributed by atoms with Crippen LogP contribution in [-0.4, -0.2) is 27.9 Å². The average molecular weight is 274 g/mol. The van der Waals surface area contributed by atoms with Crippen LogP contribution in [0.25, 0.3) is 5.65 Å². The molecular formula is C15H22N4O. The van der Waals surface area contributed by atoms with Crippen LogP contribution in [0.5, 0.6) is 0 Å². The molecule has 1 amide bonds. The summed E-state index contributed by atoms with van der Waals surface area (Å²) < 4.78 is 2.08. The van der Waals surface area contributed by atoms with Crippen molar-refractivity contribution in [3.8, 4) is 0 Å². The van der Waals surface area contributed by atoms with Gasteiger partial charge in [-0.25, -0.2) is 4.98 Å². The van der Waals surface area contributed by atoms with E-state index in [0.717, 1.165) is 17.0 Å². The second kappa shape index (κ2) is 6.52. The van der Waals surface area contributed by atoms with Crippen molar-refractivity contribution in [3.05, 3.63) is 35.8 Å². The van der Waals surface area contributed by atoms with Gasteiger partial charge in [-0.2, -0.15) is 0 Å². The summed E-state index contributed by atoms with van der Waals surface area (Å²) in [6.45, 7) is 7.32. The third kappa shape index (κ3) is 3.57. The van der Waals surface area contributed by atoms with Crippen LogP contribution in [0.15, 0.2) is 24.4 Å². The first-order valence-corrected chi connectivity index (χ1v) is 7.00. The van der Waals surface area contributed by atoms with Gasteiger partial charge in [0.15, 0.2) is 0 Å². The third-order valence-corrected chi connectivity index (χ3v) is 3.10. The van der Waals surface area contributed by atoms with Crippen LogP contribution in [0.1, 0.15) is 31.7 Å². The monoisotopic (exact) mass is 274 g/mol. The molecule has 0 saturated carbocycles. The molecule has 2 heterocycles. The minimum Gasteiger partial charge on any atom is -0.354 e.